The molecule has 8 nitrogen and oxygen atoms in total. The van der Waals surface area contributed by atoms with Crippen molar-refractivity contribution in [2.24, 2.45) is 0 Å². The van der Waals surface area contributed by atoms with Crippen LogP contribution in [0.15, 0.2) is 42.5 Å². The van der Waals surface area contributed by atoms with Gasteiger partial charge in [0.1, 0.15) is 0 Å². The average molecular weight is 383 g/mol. The molecule has 0 fully saturated rings. The number of nitro benzene ring substituents is 1. The maximum atomic E-state index is 12.1. The van der Waals surface area contributed by atoms with Gasteiger partial charge in [-0.3, -0.25) is 14.9 Å². The monoisotopic (exact) mass is 383 g/mol. The number of carbonyl (C=O) groups excluding carboxylic acids is 1. The van der Waals surface area contributed by atoms with Gasteiger partial charge in [0, 0.05) is 24.6 Å². The first-order chi connectivity index (χ1) is 13.4. The van der Waals surface area contributed by atoms with Crippen LogP contribution in [0.2, 0.25) is 0 Å². The van der Waals surface area contributed by atoms with Gasteiger partial charge in [0.15, 0.2) is 11.5 Å². The van der Waals surface area contributed by atoms with E-state index in [2.05, 4.69) is 5.32 Å². The molecule has 0 saturated heterocycles. The lowest BCUT2D eigenvalue weighted by molar-refractivity contribution is -0.384. The number of benzene rings is 2. The number of rotatable bonds is 9. The average Bonchev–Trinajstić information content (AvgIpc) is 2.71. The van der Waals surface area contributed by atoms with E-state index in [1.54, 1.807) is 37.3 Å². The standard InChI is InChI=1S/C20H21N3O5/c1-14(16-5-3-6-17(12-16)23(25)26)22-20(24)7-4-10-28-18-9-8-15(13-21)11-19(18)27-2/h3,5-6,8-9,11-12,14H,4,7,10H2,1-2H3,(H,22,24). The molecule has 2 aromatic rings. The quantitative estimate of drug-likeness (QED) is 0.402. The van der Waals surface area contributed by atoms with Crippen LogP contribution in [0.25, 0.3) is 0 Å². The minimum Gasteiger partial charge on any atom is -0.493 e. The Bertz CT molecular complexity index is 892. The zero-order valence-corrected chi connectivity index (χ0v) is 15.7. The second-order valence-electron chi connectivity index (χ2n) is 6.07. The van der Waals surface area contributed by atoms with Crippen LogP contribution in [0.4, 0.5) is 5.69 Å². The maximum absolute atomic E-state index is 12.1. The summed E-state index contributed by atoms with van der Waals surface area (Å²) in [5, 5.41) is 22.6. The second kappa shape index (κ2) is 9.92. The molecule has 0 radical (unpaired) electrons. The van der Waals surface area contributed by atoms with Crippen molar-refractivity contribution in [1.29, 1.82) is 5.26 Å². The van der Waals surface area contributed by atoms with E-state index >= 15 is 0 Å². The van der Waals surface area contributed by atoms with E-state index in [1.165, 1.54) is 19.2 Å². The molecule has 0 bridgehead atoms. The number of nitrogens with one attached hydrogen (secondary N) is 1. The third-order valence-electron chi connectivity index (χ3n) is 4.06. The Labute approximate surface area is 162 Å². The Kier molecular flexibility index (Phi) is 7.34. The van der Waals surface area contributed by atoms with Gasteiger partial charge in [-0.05, 0) is 31.0 Å². The van der Waals surface area contributed by atoms with Crippen LogP contribution in [0.5, 0.6) is 11.5 Å². The second-order valence-corrected chi connectivity index (χ2v) is 6.07. The van der Waals surface area contributed by atoms with Crippen LogP contribution in [0, 0.1) is 21.4 Å². The van der Waals surface area contributed by atoms with Crippen LogP contribution in [0.3, 0.4) is 0 Å². The van der Waals surface area contributed by atoms with Crippen molar-refractivity contribution >= 4 is 11.6 Å². The van der Waals surface area contributed by atoms with E-state index in [0.29, 0.717) is 35.7 Å². The van der Waals surface area contributed by atoms with Gasteiger partial charge >= 0.3 is 0 Å². The Morgan fingerprint density at radius 1 is 1.29 bits per heavy atom. The van der Waals surface area contributed by atoms with Gasteiger partial charge in [0.25, 0.3) is 5.69 Å². The van der Waals surface area contributed by atoms with E-state index < -0.39 is 4.92 Å². The molecule has 0 aromatic heterocycles. The summed E-state index contributed by atoms with van der Waals surface area (Å²) in [5.41, 5.74) is 1.13. The number of ether oxygens (including phenoxy) is 2. The van der Waals surface area contributed by atoms with Crippen LogP contribution in [-0.4, -0.2) is 24.5 Å². The molecule has 1 atom stereocenters. The molecule has 0 saturated carbocycles. The van der Waals surface area contributed by atoms with Crippen molar-refractivity contribution in [3.63, 3.8) is 0 Å². The number of hydrogen-bond donors (Lipinski definition) is 1. The summed E-state index contributed by atoms with van der Waals surface area (Å²) in [6.45, 7) is 2.08. The summed E-state index contributed by atoms with van der Waals surface area (Å²) in [6, 6.07) is 12.7. The van der Waals surface area contributed by atoms with Crippen LogP contribution < -0.4 is 14.8 Å². The van der Waals surface area contributed by atoms with Crippen molar-refractivity contribution in [2.75, 3.05) is 13.7 Å². The predicted molar refractivity (Wildman–Crippen MR) is 102 cm³/mol. The lowest BCUT2D eigenvalue weighted by atomic mass is 10.1. The number of non-ortho nitro benzene ring substituents is 1. The number of carbonyl (C=O) groups is 1. The SMILES string of the molecule is COc1cc(C#N)ccc1OCCCC(=O)NC(C)c1cccc([N+](=O)[O-])c1. The van der Waals surface area contributed by atoms with Crippen LogP contribution in [-0.2, 0) is 4.79 Å². The first-order valence-corrected chi connectivity index (χ1v) is 8.69. The fraction of sp³-hybridized carbons (Fsp3) is 0.300. The van der Waals surface area contributed by atoms with Gasteiger partial charge in [0.05, 0.1) is 36.3 Å². The first kappa shape index (κ1) is 20.7. The normalized spacial score (nSPS) is 11.2. The Morgan fingerprint density at radius 2 is 2.07 bits per heavy atom. The van der Waals surface area contributed by atoms with Gasteiger partial charge in [-0.2, -0.15) is 5.26 Å². The highest BCUT2D eigenvalue weighted by Crippen LogP contribution is 2.28. The zero-order valence-electron chi connectivity index (χ0n) is 15.7. The summed E-state index contributed by atoms with van der Waals surface area (Å²) < 4.78 is 10.8. The molecule has 28 heavy (non-hydrogen) atoms. The Hall–Kier alpha value is -3.60. The van der Waals surface area contributed by atoms with Gasteiger partial charge in [-0.1, -0.05) is 12.1 Å². The lowest BCUT2D eigenvalue weighted by Crippen LogP contribution is -2.26. The maximum Gasteiger partial charge on any atom is 0.269 e. The van der Waals surface area contributed by atoms with E-state index in [0.717, 1.165) is 0 Å². The predicted octanol–water partition coefficient (Wildman–Crippen LogP) is 3.51. The largest absolute Gasteiger partial charge is 0.493 e. The lowest BCUT2D eigenvalue weighted by Gasteiger charge is -2.14. The Morgan fingerprint density at radius 3 is 2.75 bits per heavy atom. The molecule has 8 heteroatoms. The molecule has 146 valence electrons. The molecule has 0 aliphatic carbocycles. The van der Waals surface area contributed by atoms with Crippen molar-refractivity contribution < 1.29 is 19.2 Å². The number of methoxy groups -OCH3 is 1. The highest BCUT2D eigenvalue weighted by atomic mass is 16.6. The summed E-state index contributed by atoms with van der Waals surface area (Å²) in [7, 11) is 1.49. The summed E-state index contributed by atoms with van der Waals surface area (Å²) >= 11 is 0. The molecule has 1 amide bonds. The summed E-state index contributed by atoms with van der Waals surface area (Å²) in [6.07, 6.45) is 0.731. The molecule has 1 N–H and O–H groups in total. The fourth-order valence-corrected chi connectivity index (χ4v) is 2.58. The minimum atomic E-state index is -0.465. The molecule has 0 aliphatic rings. The summed E-state index contributed by atoms with van der Waals surface area (Å²) in [4.78, 5) is 22.5. The third kappa shape index (κ3) is 5.71. The van der Waals surface area contributed by atoms with Gasteiger partial charge in [-0.25, -0.2) is 0 Å². The number of nitriles is 1. The van der Waals surface area contributed by atoms with Crippen molar-refractivity contribution in [3.05, 3.63) is 63.7 Å². The molecule has 1 unspecified atom stereocenters. The van der Waals surface area contributed by atoms with E-state index in [9.17, 15) is 14.9 Å². The van der Waals surface area contributed by atoms with Crippen LogP contribution in [0.1, 0.15) is 36.9 Å². The smallest absolute Gasteiger partial charge is 0.269 e. The number of nitro groups is 1. The summed E-state index contributed by atoms with van der Waals surface area (Å²) in [5.74, 6) is 0.795. The van der Waals surface area contributed by atoms with E-state index in [-0.39, 0.29) is 24.1 Å². The molecular weight excluding hydrogens is 362 g/mol. The van der Waals surface area contributed by atoms with E-state index in [4.69, 9.17) is 14.7 Å². The number of amides is 1. The zero-order chi connectivity index (χ0) is 20.5. The van der Waals surface area contributed by atoms with Gasteiger partial charge in [-0.15, -0.1) is 0 Å². The molecule has 0 spiro atoms. The molecule has 0 aliphatic heterocycles. The van der Waals surface area contributed by atoms with Crippen molar-refractivity contribution in [3.8, 4) is 17.6 Å². The van der Waals surface area contributed by atoms with Gasteiger partial charge < -0.3 is 14.8 Å². The molecule has 2 aromatic carbocycles. The molecule has 2 rings (SSSR count). The third-order valence-corrected chi connectivity index (χ3v) is 4.06. The molecular formula is C20H21N3O5. The Balaban J connectivity index is 1.81. The number of hydrogen-bond acceptors (Lipinski definition) is 6. The highest BCUT2D eigenvalue weighted by molar-refractivity contribution is 5.76. The number of nitrogens with zero attached hydrogens (tertiary/aromatic N) is 2. The van der Waals surface area contributed by atoms with Crippen molar-refractivity contribution in [1.82, 2.24) is 5.32 Å². The topological polar surface area (TPSA) is 114 Å². The minimum absolute atomic E-state index is 0.0108. The highest BCUT2D eigenvalue weighted by Gasteiger charge is 2.13. The van der Waals surface area contributed by atoms with Crippen molar-refractivity contribution in [2.45, 2.75) is 25.8 Å². The first-order valence-electron chi connectivity index (χ1n) is 8.69. The van der Waals surface area contributed by atoms with Gasteiger partial charge in [0.2, 0.25) is 5.91 Å². The molecule has 0 heterocycles. The van der Waals surface area contributed by atoms with Crippen LogP contribution >= 0.6 is 0 Å². The fourth-order valence-electron chi connectivity index (χ4n) is 2.58. The van der Waals surface area contributed by atoms with E-state index in [1.807, 2.05) is 6.07 Å².